The lowest BCUT2D eigenvalue weighted by Crippen LogP contribution is -2.39. The zero-order valence-corrected chi connectivity index (χ0v) is 29.7. The van der Waals surface area contributed by atoms with Crippen molar-refractivity contribution < 1.29 is 28.9 Å². The van der Waals surface area contributed by atoms with E-state index >= 15 is 0 Å². The third-order valence-corrected chi connectivity index (χ3v) is 9.20. The van der Waals surface area contributed by atoms with Gasteiger partial charge in [0.2, 0.25) is 0 Å². The summed E-state index contributed by atoms with van der Waals surface area (Å²) in [7, 11) is 0. The van der Waals surface area contributed by atoms with Gasteiger partial charge in [-0.1, -0.05) is 127 Å². The number of nitrogens with zero attached hydrogens (tertiary/aromatic N) is 1. The van der Waals surface area contributed by atoms with E-state index in [0.29, 0.717) is 13.0 Å². The van der Waals surface area contributed by atoms with Crippen molar-refractivity contribution in [2.24, 2.45) is 0 Å². The highest BCUT2D eigenvalue weighted by atomic mass is 16.7. The summed E-state index contributed by atoms with van der Waals surface area (Å²) in [4.78, 5) is 26.0. The van der Waals surface area contributed by atoms with Crippen LogP contribution in [0.25, 0.3) is 11.1 Å². The second-order valence-corrected chi connectivity index (χ2v) is 13.3. The van der Waals surface area contributed by atoms with Crippen LogP contribution in [0.5, 0.6) is 0 Å². The van der Waals surface area contributed by atoms with Crippen LogP contribution in [0.15, 0.2) is 133 Å². The molecular formula is C44H46N2O6. The molecule has 1 aliphatic rings. The van der Waals surface area contributed by atoms with E-state index in [1.165, 1.54) is 18.1 Å². The molecule has 0 aromatic heterocycles. The van der Waals surface area contributed by atoms with Gasteiger partial charge in [-0.3, -0.25) is 14.5 Å². The normalized spacial score (nSPS) is 17.7. The second kappa shape index (κ2) is 17.9. The number of hydrogen-bond acceptors (Lipinski definition) is 7. The van der Waals surface area contributed by atoms with Gasteiger partial charge in [-0.05, 0) is 51.9 Å². The van der Waals surface area contributed by atoms with Crippen molar-refractivity contribution in [1.82, 2.24) is 10.2 Å². The van der Waals surface area contributed by atoms with Crippen molar-refractivity contribution in [1.29, 1.82) is 0 Å². The molecule has 52 heavy (non-hydrogen) atoms. The molecule has 1 saturated heterocycles. The van der Waals surface area contributed by atoms with Gasteiger partial charge in [-0.25, -0.2) is 0 Å². The van der Waals surface area contributed by atoms with E-state index in [9.17, 15) is 14.7 Å². The number of nitrogens with one attached hydrogen (secondary N) is 1. The van der Waals surface area contributed by atoms with Gasteiger partial charge >= 0.3 is 5.97 Å². The molecule has 6 rings (SSSR count). The van der Waals surface area contributed by atoms with Gasteiger partial charge in [0.1, 0.15) is 0 Å². The highest BCUT2D eigenvalue weighted by molar-refractivity contribution is 5.82. The zero-order valence-electron chi connectivity index (χ0n) is 29.7. The maximum Gasteiger partial charge on any atom is 0.303 e. The van der Waals surface area contributed by atoms with Crippen molar-refractivity contribution in [3.8, 4) is 11.1 Å². The summed E-state index contributed by atoms with van der Waals surface area (Å²) in [6, 6.07) is 45.2. The number of rotatable bonds is 14. The fourth-order valence-corrected chi connectivity index (χ4v) is 6.52. The number of esters is 1. The number of benzene rings is 5. The predicted molar refractivity (Wildman–Crippen MR) is 200 cm³/mol. The van der Waals surface area contributed by atoms with E-state index < -0.39 is 18.4 Å². The first-order chi connectivity index (χ1) is 25.3. The summed E-state index contributed by atoms with van der Waals surface area (Å²) in [5.74, 6) is -0.838. The molecule has 5 aromatic rings. The Balaban J connectivity index is 1.20. The number of ether oxygens (including phenoxy) is 3. The molecule has 0 spiro atoms. The van der Waals surface area contributed by atoms with E-state index in [1.807, 2.05) is 60.7 Å². The van der Waals surface area contributed by atoms with Gasteiger partial charge in [-0.15, -0.1) is 0 Å². The molecule has 1 fully saturated rings. The van der Waals surface area contributed by atoms with Gasteiger partial charge in [0.05, 0.1) is 18.8 Å². The summed E-state index contributed by atoms with van der Waals surface area (Å²) in [6.07, 6.45) is -1.04. The molecule has 0 unspecified atom stereocenters. The SMILES string of the molecule is CC(=O)O[C@@H](C)C(=O)NCc1cccc(-c2ccc([C@H]3O[C@@H](CN(Cc4ccccc4)Cc4ccccc4)C[C@@H](c4ccc(CO)cc4)O3)cc2)c1. The molecular weight excluding hydrogens is 652 g/mol. The van der Waals surface area contributed by atoms with Crippen LogP contribution in [-0.2, 0) is 50.0 Å². The lowest BCUT2D eigenvalue weighted by atomic mass is 9.98. The highest BCUT2D eigenvalue weighted by Crippen LogP contribution is 2.39. The topological polar surface area (TPSA) is 97.3 Å². The van der Waals surface area contributed by atoms with Crippen LogP contribution >= 0.6 is 0 Å². The van der Waals surface area contributed by atoms with Crippen LogP contribution in [0.3, 0.4) is 0 Å². The van der Waals surface area contributed by atoms with Crippen LogP contribution < -0.4 is 5.32 Å². The van der Waals surface area contributed by atoms with Crippen LogP contribution in [0.4, 0.5) is 0 Å². The molecule has 2 N–H and O–H groups in total. The molecule has 268 valence electrons. The van der Waals surface area contributed by atoms with Crippen molar-refractivity contribution in [2.75, 3.05) is 6.54 Å². The van der Waals surface area contributed by atoms with E-state index in [0.717, 1.165) is 53.0 Å². The summed E-state index contributed by atoms with van der Waals surface area (Å²) < 4.78 is 18.4. The monoisotopic (exact) mass is 698 g/mol. The van der Waals surface area contributed by atoms with Crippen LogP contribution in [0, 0.1) is 0 Å². The molecule has 0 bridgehead atoms. The largest absolute Gasteiger partial charge is 0.453 e. The fraction of sp³-hybridized carbons (Fsp3) is 0.273. The first-order valence-corrected chi connectivity index (χ1v) is 17.8. The number of carbonyl (C=O) groups excluding carboxylic acids is 2. The third-order valence-electron chi connectivity index (χ3n) is 9.20. The lowest BCUT2D eigenvalue weighted by molar-refractivity contribution is -0.253. The fourth-order valence-electron chi connectivity index (χ4n) is 6.52. The molecule has 8 heteroatoms. The Labute approximate surface area is 306 Å². The molecule has 0 aliphatic carbocycles. The minimum absolute atomic E-state index is 0.00667. The van der Waals surface area contributed by atoms with Crippen molar-refractivity contribution in [3.63, 3.8) is 0 Å². The average molecular weight is 699 g/mol. The zero-order chi connectivity index (χ0) is 36.3. The lowest BCUT2D eigenvalue weighted by Gasteiger charge is -2.38. The summed E-state index contributed by atoms with van der Waals surface area (Å²) >= 11 is 0. The number of aliphatic hydroxyl groups is 1. The maximum atomic E-state index is 12.4. The Hall–Kier alpha value is -5.12. The first-order valence-electron chi connectivity index (χ1n) is 17.8. The van der Waals surface area contributed by atoms with Crippen LogP contribution in [0.1, 0.15) is 66.0 Å². The van der Waals surface area contributed by atoms with Gasteiger partial charge in [0.15, 0.2) is 12.4 Å². The van der Waals surface area contributed by atoms with E-state index in [-0.39, 0.29) is 24.7 Å². The first kappa shape index (κ1) is 36.7. The molecule has 1 heterocycles. The van der Waals surface area contributed by atoms with E-state index in [4.69, 9.17) is 14.2 Å². The smallest absolute Gasteiger partial charge is 0.303 e. The Morgan fingerprint density at radius 2 is 1.37 bits per heavy atom. The summed E-state index contributed by atoms with van der Waals surface area (Å²) in [5, 5.41) is 12.5. The van der Waals surface area contributed by atoms with E-state index in [2.05, 4.69) is 83.0 Å². The van der Waals surface area contributed by atoms with Gasteiger partial charge < -0.3 is 24.6 Å². The quantitative estimate of drug-likeness (QED) is 0.115. The molecule has 1 amide bonds. The van der Waals surface area contributed by atoms with Gasteiger partial charge in [0.25, 0.3) is 5.91 Å². The van der Waals surface area contributed by atoms with Crippen molar-refractivity contribution in [3.05, 3.63) is 167 Å². The predicted octanol–water partition coefficient (Wildman–Crippen LogP) is 7.66. The molecule has 0 saturated carbocycles. The van der Waals surface area contributed by atoms with Crippen molar-refractivity contribution >= 4 is 11.9 Å². The molecule has 8 nitrogen and oxygen atoms in total. The third kappa shape index (κ3) is 10.2. The molecule has 1 aliphatic heterocycles. The van der Waals surface area contributed by atoms with E-state index in [1.54, 1.807) is 6.92 Å². The Morgan fingerprint density at radius 3 is 1.98 bits per heavy atom. The Morgan fingerprint density at radius 1 is 0.750 bits per heavy atom. The maximum absolute atomic E-state index is 12.4. The standard InChI is InChI=1S/C44H46N2O6/c1-31(50-32(2)48)43(49)45-26-36-14-9-15-40(24-36)37-20-22-39(23-21-37)44-51-41(25-42(52-44)38-18-16-35(30-47)17-19-38)29-46(27-33-10-5-3-6-11-33)28-34-12-7-4-8-13-34/h3-24,31,41-42,44,47H,25-30H2,1-2H3,(H,45,49)/t31-,41+,42-,44-/m0/s1. The minimum Gasteiger partial charge on any atom is -0.453 e. The van der Waals surface area contributed by atoms with Crippen LogP contribution in [0.2, 0.25) is 0 Å². The van der Waals surface area contributed by atoms with Gasteiger partial charge in [0, 0.05) is 45.1 Å². The number of amides is 1. The number of aliphatic hydroxyl groups excluding tert-OH is 1. The molecule has 4 atom stereocenters. The average Bonchev–Trinajstić information content (AvgIpc) is 3.17. The minimum atomic E-state index is -0.854. The van der Waals surface area contributed by atoms with Gasteiger partial charge in [-0.2, -0.15) is 0 Å². The second-order valence-electron chi connectivity index (χ2n) is 13.3. The molecule has 5 aromatic carbocycles. The van der Waals surface area contributed by atoms with Crippen LogP contribution in [-0.4, -0.2) is 40.6 Å². The summed E-state index contributed by atoms with van der Waals surface area (Å²) in [6.45, 7) is 5.44. The highest BCUT2D eigenvalue weighted by Gasteiger charge is 2.33. The number of carbonyl (C=O) groups is 2. The molecule has 0 radical (unpaired) electrons. The summed E-state index contributed by atoms with van der Waals surface area (Å²) in [5.41, 5.74) is 8.28. The Kier molecular flexibility index (Phi) is 12.6. The van der Waals surface area contributed by atoms with Crippen molar-refractivity contribution in [2.45, 2.75) is 71.1 Å². The Bertz CT molecular complexity index is 1840. The number of hydrogen-bond donors (Lipinski definition) is 2.